The number of fused-ring (bicyclic) bond motifs is 2. The fourth-order valence-electron chi connectivity index (χ4n) is 4.29. The highest BCUT2D eigenvalue weighted by Gasteiger charge is 2.37. The van der Waals surface area contributed by atoms with E-state index in [9.17, 15) is 10.2 Å². The summed E-state index contributed by atoms with van der Waals surface area (Å²) in [5, 5.41) is 20.0. The van der Waals surface area contributed by atoms with Gasteiger partial charge in [-0.25, -0.2) is 0 Å². The van der Waals surface area contributed by atoms with Gasteiger partial charge in [0.2, 0.25) is 6.79 Å². The maximum absolute atomic E-state index is 10.1. The third-order valence-corrected chi connectivity index (χ3v) is 5.81. The molecule has 0 bridgehead atoms. The number of ether oxygens (including phenoxy) is 2. The molecule has 0 radical (unpaired) electrons. The molecule has 25 heavy (non-hydrogen) atoms. The Balaban J connectivity index is 1.87. The van der Waals surface area contributed by atoms with Crippen LogP contribution in [0, 0.1) is 25.7 Å². The van der Waals surface area contributed by atoms with Crippen LogP contribution in [0.3, 0.4) is 0 Å². The second kappa shape index (κ2) is 6.36. The Morgan fingerprint density at radius 1 is 0.960 bits per heavy atom. The molecule has 1 unspecified atom stereocenters. The molecule has 0 spiro atoms. The van der Waals surface area contributed by atoms with Gasteiger partial charge in [0.05, 0.1) is 0 Å². The minimum atomic E-state index is -0.0139. The van der Waals surface area contributed by atoms with Crippen LogP contribution in [0.15, 0.2) is 30.3 Å². The lowest BCUT2D eigenvalue weighted by molar-refractivity contribution is 0.101. The highest BCUT2D eigenvalue weighted by atomic mass is 16.7. The molecule has 2 aromatic rings. The molecule has 132 valence electrons. The van der Waals surface area contributed by atoms with Crippen LogP contribution in [0.2, 0.25) is 0 Å². The van der Waals surface area contributed by atoms with Gasteiger partial charge < -0.3 is 19.7 Å². The second-order valence-electron chi connectivity index (χ2n) is 7.22. The van der Waals surface area contributed by atoms with Gasteiger partial charge in [0.25, 0.3) is 0 Å². The van der Waals surface area contributed by atoms with Crippen molar-refractivity contribution in [3.8, 4) is 11.5 Å². The molecule has 0 aromatic heterocycles. The van der Waals surface area contributed by atoms with Gasteiger partial charge in [-0.05, 0) is 72.1 Å². The van der Waals surface area contributed by atoms with Gasteiger partial charge >= 0.3 is 0 Å². The zero-order valence-corrected chi connectivity index (χ0v) is 14.7. The van der Waals surface area contributed by atoms with Crippen molar-refractivity contribution in [3.05, 3.63) is 58.1 Å². The number of aliphatic hydroxyl groups is 2. The van der Waals surface area contributed by atoms with Gasteiger partial charge in [-0.15, -0.1) is 0 Å². The van der Waals surface area contributed by atoms with Crippen LogP contribution < -0.4 is 9.47 Å². The summed E-state index contributed by atoms with van der Waals surface area (Å²) in [5.74, 6) is 1.60. The van der Waals surface area contributed by atoms with E-state index in [1.807, 2.05) is 12.1 Å². The molecule has 1 aliphatic carbocycles. The van der Waals surface area contributed by atoms with Crippen molar-refractivity contribution in [1.29, 1.82) is 0 Å². The summed E-state index contributed by atoms with van der Waals surface area (Å²) in [7, 11) is 0. The van der Waals surface area contributed by atoms with Gasteiger partial charge in [0.15, 0.2) is 11.5 Å². The monoisotopic (exact) mass is 340 g/mol. The van der Waals surface area contributed by atoms with Crippen molar-refractivity contribution in [2.24, 2.45) is 11.8 Å². The molecule has 4 heteroatoms. The van der Waals surface area contributed by atoms with Crippen molar-refractivity contribution in [2.75, 3.05) is 20.0 Å². The van der Waals surface area contributed by atoms with Crippen LogP contribution in [0.4, 0.5) is 0 Å². The first-order valence-corrected chi connectivity index (χ1v) is 8.83. The lowest BCUT2D eigenvalue weighted by atomic mass is 9.66. The second-order valence-corrected chi connectivity index (χ2v) is 7.22. The zero-order valence-electron chi connectivity index (χ0n) is 14.7. The smallest absolute Gasteiger partial charge is 0.231 e. The number of benzene rings is 2. The van der Waals surface area contributed by atoms with Crippen LogP contribution in [0.5, 0.6) is 11.5 Å². The Kier molecular flexibility index (Phi) is 4.18. The maximum atomic E-state index is 10.1. The summed E-state index contributed by atoms with van der Waals surface area (Å²) in [6, 6.07) is 10.5. The van der Waals surface area contributed by atoms with Crippen LogP contribution in [-0.2, 0) is 6.42 Å². The van der Waals surface area contributed by atoms with Gasteiger partial charge in [0.1, 0.15) is 0 Å². The van der Waals surface area contributed by atoms with Crippen molar-refractivity contribution in [3.63, 3.8) is 0 Å². The minimum absolute atomic E-state index is 0.0139. The van der Waals surface area contributed by atoms with Gasteiger partial charge in [-0.1, -0.05) is 18.2 Å². The first kappa shape index (κ1) is 16.4. The molecule has 2 N–H and O–H groups in total. The lowest BCUT2D eigenvalue weighted by Crippen LogP contribution is -2.35. The van der Waals surface area contributed by atoms with Crippen molar-refractivity contribution in [1.82, 2.24) is 0 Å². The number of aryl methyl sites for hydroxylation is 2. The van der Waals surface area contributed by atoms with E-state index < -0.39 is 0 Å². The molecule has 2 aliphatic rings. The molecule has 4 nitrogen and oxygen atoms in total. The quantitative estimate of drug-likeness (QED) is 0.902. The van der Waals surface area contributed by atoms with Gasteiger partial charge in [-0.3, -0.25) is 0 Å². The predicted molar refractivity (Wildman–Crippen MR) is 95.2 cm³/mol. The average molecular weight is 340 g/mol. The van der Waals surface area contributed by atoms with Gasteiger partial charge in [0, 0.05) is 19.1 Å². The first-order chi connectivity index (χ1) is 12.1. The first-order valence-electron chi connectivity index (χ1n) is 8.83. The molecule has 0 saturated heterocycles. The maximum Gasteiger partial charge on any atom is 0.231 e. The Hall–Kier alpha value is -2.04. The number of aliphatic hydroxyl groups excluding tert-OH is 2. The van der Waals surface area contributed by atoms with E-state index in [-0.39, 0.29) is 37.8 Å². The summed E-state index contributed by atoms with van der Waals surface area (Å²) >= 11 is 0. The molecule has 0 amide bonds. The number of rotatable bonds is 3. The van der Waals surface area contributed by atoms with Crippen molar-refractivity contribution >= 4 is 0 Å². The van der Waals surface area contributed by atoms with E-state index in [1.54, 1.807) is 0 Å². The van der Waals surface area contributed by atoms with E-state index in [0.717, 1.165) is 23.5 Å². The fourth-order valence-corrected chi connectivity index (χ4v) is 4.29. The number of hydrogen-bond acceptors (Lipinski definition) is 4. The molecule has 0 saturated carbocycles. The van der Waals surface area contributed by atoms with E-state index in [0.29, 0.717) is 0 Å². The molecular formula is C21H24O4. The largest absolute Gasteiger partial charge is 0.454 e. The highest BCUT2D eigenvalue weighted by Crippen LogP contribution is 2.46. The van der Waals surface area contributed by atoms with Crippen LogP contribution in [0.25, 0.3) is 0 Å². The molecule has 0 fully saturated rings. The number of hydrogen-bond donors (Lipinski definition) is 2. The average Bonchev–Trinajstić information content (AvgIpc) is 3.09. The summed E-state index contributed by atoms with van der Waals surface area (Å²) in [6.45, 7) is 4.63. The normalized spacial score (nSPS) is 24.2. The highest BCUT2D eigenvalue weighted by molar-refractivity contribution is 5.51. The molecule has 1 heterocycles. The Morgan fingerprint density at radius 3 is 2.48 bits per heavy atom. The zero-order chi connectivity index (χ0) is 17.6. The van der Waals surface area contributed by atoms with Gasteiger partial charge in [-0.2, -0.15) is 0 Å². The van der Waals surface area contributed by atoms with E-state index >= 15 is 0 Å². The molecular weight excluding hydrogens is 316 g/mol. The lowest BCUT2D eigenvalue weighted by Gasteiger charge is -2.39. The fraction of sp³-hybridized carbons (Fsp3) is 0.429. The van der Waals surface area contributed by atoms with Crippen LogP contribution in [-0.4, -0.2) is 30.2 Å². The molecule has 4 rings (SSSR count). The van der Waals surface area contributed by atoms with Crippen LogP contribution >= 0.6 is 0 Å². The summed E-state index contributed by atoms with van der Waals surface area (Å²) in [5.41, 5.74) is 6.15. The molecule has 2 aromatic carbocycles. The summed E-state index contributed by atoms with van der Waals surface area (Å²) < 4.78 is 11.0. The standard InChI is InChI=1S/C21H24O4/c1-12-5-15-7-16(9-22)18(10-23)21(17(15)6-13(12)2)14-3-4-19-20(8-14)25-11-24-19/h3-6,8,16,18,21-23H,7,9-11H2,1-2H3/t16-,18-,21?/m1/s1. The van der Waals surface area contributed by atoms with E-state index in [4.69, 9.17) is 9.47 Å². The summed E-state index contributed by atoms with van der Waals surface area (Å²) in [4.78, 5) is 0. The van der Waals surface area contributed by atoms with E-state index in [1.165, 1.54) is 22.3 Å². The van der Waals surface area contributed by atoms with Crippen LogP contribution in [0.1, 0.15) is 33.7 Å². The molecule has 1 aliphatic heterocycles. The Bertz CT molecular complexity index is 799. The Labute approximate surface area is 148 Å². The van der Waals surface area contributed by atoms with E-state index in [2.05, 4.69) is 32.0 Å². The SMILES string of the molecule is Cc1cc2c(cc1C)C(c1ccc3c(c1)OCO3)[C@H](CO)[C@@H](CO)C2. The predicted octanol–water partition coefficient (Wildman–Crippen LogP) is 2.94. The van der Waals surface area contributed by atoms with Crippen molar-refractivity contribution in [2.45, 2.75) is 26.2 Å². The minimum Gasteiger partial charge on any atom is -0.454 e. The molecule has 3 atom stereocenters. The topological polar surface area (TPSA) is 58.9 Å². The third-order valence-electron chi connectivity index (χ3n) is 5.81. The Morgan fingerprint density at radius 2 is 1.72 bits per heavy atom. The third kappa shape index (κ3) is 2.70. The van der Waals surface area contributed by atoms with Crippen molar-refractivity contribution < 1.29 is 19.7 Å². The summed E-state index contributed by atoms with van der Waals surface area (Å²) in [6.07, 6.45) is 0.805.